The van der Waals surface area contributed by atoms with Crippen molar-refractivity contribution in [3.8, 4) is 0 Å². The van der Waals surface area contributed by atoms with Gasteiger partial charge in [-0.2, -0.15) is 13.2 Å². The molecule has 0 unspecified atom stereocenters. The molecule has 0 spiro atoms. The van der Waals surface area contributed by atoms with Crippen molar-refractivity contribution in [3.05, 3.63) is 52.1 Å². The highest BCUT2D eigenvalue weighted by Gasteiger charge is 2.34. The Balaban J connectivity index is 1.42. The number of hydrogen-bond donors (Lipinski definition) is 3. The average molecular weight is 573 g/mol. The first-order valence-electron chi connectivity index (χ1n) is 10.4. The number of aromatic nitrogens is 4. The van der Waals surface area contributed by atoms with Crippen LogP contribution >= 0.6 is 15.9 Å². The van der Waals surface area contributed by atoms with Crippen molar-refractivity contribution in [1.29, 1.82) is 0 Å². The summed E-state index contributed by atoms with van der Waals surface area (Å²) in [5, 5.41) is 19.4. The third kappa shape index (κ3) is 5.76. The smallest absolute Gasteiger partial charge is 0.341 e. The summed E-state index contributed by atoms with van der Waals surface area (Å²) in [7, 11) is 0. The number of hydroxylamine groups is 1. The largest absolute Gasteiger partial charge is 0.433 e. The SMILES string of the molecule is O=C(Nc1nonc1C(=Nc1ccc(F)c(Br)c1)NO)C1CCN(c2nccc(C(F)(F)F)n2)CC1. The van der Waals surface area contributed by atoms with Gasteiger partial charge in [-0.25, -0.2) is 24.0 Å². The molecule has 3 aromatic rings. The van der Waals surface area contributed by atoms with Gasteiger partial charge in [0.05, 0.1) is 10.2 Å². The molecule has 0 saturated carbocycles. The average Bonchev–Trinajstić information content (AvgIpc) is 3.32. The van der Waals surface area contributed by atoms with Crippen LogP contribution in [0.4, 0.5) is 35.0 Å². The molecule has 3 N–H and O–H groups in total. The Kier molecular flexibility index (Phi) is 7.44. The predicted molar refractivity (Wildman–Crippen MR) is 120 cm³/mol. The number of nitrogens with zero attached hydrogens (tertiary/aromatic N) is 6. The summed E-state index contributed by atoms with van der Waals surface area (Å²) in [6.45, 7) is 0.515. The van der Waals surface area contributed by atoms with Crippen molar-refractivity contribution in [2.75, 3.05) is 23.3 Å². The lowest BCUT2D eigenvalue weighted by Gasteiger charge is -2.31. The number of hydrogen-bond acceptors (Lipinski definition) is 9. The summed E-state index contributed by atoms with van der Waals surface area (Å²) in [6.07, 6.45) is -2.91. The molecule has 3 heterocycles. The number of amidine groups is 1. The highest BCUT2D eigenvalue weighted by Crippen LogP contribution is 2.29. The lowest BCUT2D eigenvalue weighted by Crippen LogP contribution is -2.39. The zero-order valence-electron chi connectivity index (χ0n) is 18.1. The van der Waals surface area contributed by atoms with E-state index in [4.69, 9.17) is 0 Å². The quantitative estimate of drug-likeness (QED) is 0.180. The Morgan fingerprint density at radius 2 is 1.97 bits per heavy atom. The number of rotatable bonds is 5. The second kappa shape index (κ2) is 10.5. The molecule has 1 fully saturated rings. The number of carbonyl (C=O) groups excluding carboxylic acids is 1. The topological polar surface area (TPSA) is 142 Å². The molecular formula is C20H17BrF4N8O3. The molecule has 0 atom stereocenters. The van der Waals surface area contributed by atoms with Crippen LogP contribution < -0.4 is 15.7 Å². The van der Waals surface area contributed by atoms with Crippen LogP contribution in [0.2, 0.25) is 0 Å². The number of carbonyl (C=O) groups is 1. The lowest BCUT2D eigenvalue weighted by atomic mass is 9.96. The van der Waals surface area contributed by atoms with E-state index in [1.165, 1.54) is 18.2 Å². The van der Waals surface area contributed by atoms with Gasteiger partial charge in [-0.3, -0.25) is 15.5 Å². The van der Waals surface area contributed by atoms with Crippen molar-refractivity contribution in [2.24, 2.45) is 10.9 Å². The second-order valence-corrected chi connectivity index (χ2v) is 8.48. The van der Waals surface area contributed by atoms with Crippen molar-refractivity contribution >= 4 is 45.1 Å². The van der Waals surface area contributed by atoms with Gasteiger partial charge >= 0.3 is 6.18 Å². The summed E-state index contributed by atoms with van der Waals surface area (Å²) in [4.78, 5) is 26.0. The Bertz CT molecular complexity index is 1280. The summed E-state index contributed by atoms with van der Waals surface area (Å²) >= 11 is 3.04. The predicted octanol–water partition coefficient (Wildman–Crippen LogP) is 3.69. The van der Waals surface area contributed by atoms with E-state index >= 15 is 0 Å². The molecule has 1 amide bonds. The highest BCUT2D eigenvalue weighted by atomic mass is 79.9. The molecular weight excluding hydrogens is 556 g/mol. The molecule has 0 bridgehead atoms. The van der Waals surface area contributed by atoms with E-state index in [0.29, 0.717) is 12.8 Å². The molecule has 36 heavy (non-hydrogen) atoms. The summed E-state index contributed by atoms with van der Waals surface area (Å²) in [5.41, 5.74) is 0.949. The standard InChI is InChI=1S/C20H17BrF4N8O3/c21-12-9-11(1-2-13(12)22)27-16(30-35)15-17(32-36-31-15)29-18(34)10-4-7-33(8-5-10)19-26-6-3-14(28-19)20(23,24)25/h1-3,6,9-10,35H,4-5,7-8H2,(H,27,30)(H,29,32,34). The van der Waals surface area contributed by atoms with Gasteiger partial charge in [-0.15, -0.1) is 0 Å². The van der Waals surface area contributed by atoms with E-state index < -0.39 is 29.5 Å². The number of alkyl halides is 3. The Hall–Kier alpha value is -3.66. The first-order chi connectivity index (χ1) is 17.2. The molecule has 1 aliphatic rings. The van der Waals surface area contributed by atoms with Crippen LogP contribution in [0.25, 0.3) is 0 Å². The van der Waals surface area contributed by atoms with Crippen molar-refractivity contribution < 1.29 is 32.2 Å². The van der Waals surface area contributed by atoms with E-state index in [1.807, 2.05) is 5.48 Å². The normalized spacial score (nSPS) is 15.2. The van der Waals surface area contributed by atoms with Gasteiger partial charge in [0, 0.05) is 25.2 Å². The first kappa shape index (κ1) is 25.4. The minimum absolute atomic E-state index is 0.0611. The van der Waals surface area contributed by atoms with Gasteiger partial charge in [-0.05, 0) is 63.4 Å². The maximum atomic E-state index is 13.5. The van der Waals surface area contributed by atoms with Crippen LogP contribution in [0.5, 0.6) is 0 Å². The fourth-order valence-corrected chi connectivity index (χ4v) is 3.83. The molecule has 1 saturated heterocycles. The van der Waals surface area contributed by atoms with E-state index in [2.05, 4.69) is 51.1 Å². The molecule has 4 rings (SSSR count). The molecule has 1 aliphatic heterocycles. The summed E-state index contributed by atoms with van der Waals surface area (Å²) in [5.74, 6) is -1.83. The second-order valence-electron chi connectivity index (χ2n) is 7.62. The Labute approximate surface area is 208 Å². The Morgan fingerprint density at radius 1 is 1.22 bits per heavy atom. The monoisotopic (exact) mass is 572 g/mol. The minimum atomic E-state index is -4.59. The van der Waals surface area contributed by atoms with Crippen molar-refractivity contribution in [1.82, 2.24) is 25.8 Å². The van der Waals surface area contributed by atoms with E-state index in [-0.39, 0.29) is 46.5 Å². The zero-order valence-corrected chi connectivity index (χ0v) is 19.7. The van der Waals surface area contributed by atoms with Crippen LogP contribution in [0.1, 0.15) is 24.2 Å². The number of amides is 1. The van der Waals surface area contributed by atoms with Gasteiger partial charge < -0.3 is 10.2 Å². The number of anilines is 2. The van der Waals surface area contributed by atoms with Gasteiger partial charge in [-0.1, -0.05) is 0 Å². The van der Waals surface area contributed by atoms with Gasteiger partial charge in [0.25, 0.3) is 0 Å². The fraction of sp³-hybridized carbons (Fsp3) is 0.300. The van der Waals surface area contributed by atoms with Crippen LogP contribution in [0, 0.1) is 11.7 Å². The molecule has 16 heteroatoms. The highest BCUT2D eigenvalue weighted by molar-refractivity contribution is 9.10. The van der Waals surface area contributed by atoms with Crippen LogP contribution in [-0.2, 0) is 11.0 Å². The van der Waals surface area contributed by atoms with Gasteiger partial charge in [0.1, 0.15) is 11.5 Å². The minimum Gasteiger partial charge on any atom is -0.341 e. The summed E-state index contributed by atoms with van der Waals surface area (Å²) < 4.78 is 57.1. The molecule has 0 radical (unpaired) electrons. The number of piperidine rings is 1. The van der Waals surface area contributed by atoms with E-state index in [1.54, 1.807) is 4.90 Å². The number of nitrogens with one attached hydrogen (secondary N) is 2. The number of halogens is 5. The zero-order chi connectivity index (χ0) is 25.9. The third-order valence-corrected chi connectivity index (χ3v) is 5.89. The number of benzene rings is 1. The van der Waals surface area contributed by atoms with Gasteiger partial charge in [0.15, 0.2) is 11.5 Å². The Morgan fingerprint density at radius 3 is 2.64 bits per heavy atom. The van der Waals surface area contributed by atoms with Gasteiger partial charge in [0.2, 0.25) is 17.7 Å². The number of aliphatic imine (C=N–C) groups is 1. The first-order valence-corrected chi connectivity index (χ1v) is 11.2. The molecule has 0 aliphatic carbocycles. The van der Waals surface area contributed by atoms with E-state index in [9.17, 15) is 27.6 Å². The lowest BCUT2D eigenvalue weighted by molar-refractivity contribution is -0.141. The molecule has 1 aromatic carbocycles. The van der Waals surface area contributed by atoms with Crippen molar-refractivity contribution in [3.63, 3.8) is 0 Å². The fourth-order valence-electron chi connectivity index (χ4n) is 3.46. The molecule has 2 aromatic heterocycles. The van der Waals surface area contributed by atoms with Crippen LogP contribution in [0.3, 0.4) is 0 Å². The van der Waals surface area contributed by atoms with Crippen LogP contribution in [0.15, 0.2) is 44.6 Å². The molecule has 11 nitrogen and oxygen atoms in total. The summed E-state index contributed by atoms with van der Waals surface area (Å²) in [6, 6.07) is 4.67. The third-order valence-electron chi connectivity index (χ3n) is 5.29. The maximum absolute atomic E-state index is 13.5. The molecule has 190 valence electrons. The van der Waals surface area contributed by atoms with Crippen molar-refractivity contribution in [2.45, 2.75) is 19.0 Å². The van der Waals surface area contributed by atoms with E-state index in [0.717, 1.165) is 12.3 Å². The van der Waals surface area contributed by atoms with Crippen LogP contribution in [-0.4, -0.2) is 50.3 Å². The maximum Gasteiger partial charge on any atom is 0.433 e.